The van der Waals surface area contributed by atoms with E-state index in [1.54, 1.807) is 0 Å². The Kier molecular flexibility index (Phi) is 5.93. The van der Waals surface area contributed by atoms with Gasteiger partial charge in [0.1, 0.15) is 12.2 Å². The molecule has 0 heterocycles. The number of esters is 2. The summed E-state index contributed by atoms with van der Waals surface area (Å²) in [6.07, 6.45) is 5.88. The average Bonchev–Trinajstić information content (AvgIpc) is 3.02. The first-order valence-electron chi connectivity index (χ1n) is 12.5. The molecule has 0 N–H and O–H groups in total. The van der Waals surface area contributed by atoms with Crippen LogP contribution in [-0.2, 0) is 19.1 Å². The minimum atomic E-state index is -0.590. The van der Waals surface area contributed by atoms with Gasteiger partial charge in [0, 0.05) is 30.8 Å². The Morgan fingerprint density at radius 1 is 1.00 bits per heavy atom. The van der Waals surface area contributed by atoms with Gasteiger partial charge < -0.3 is 9.47 Å². The molecule has 1 unspecified atom stereocenters. The van der Waals surface area contributed by atoms with E-state index in [0.717, 1.165) is 44.1 Å². The number of allylic oxidation sites excluding steroid dienone is 1. The molecule has 0 aliphatic heterocycles. The third kappa shape index (κ3) is 3.99. The van der Waals surface area contributed by atoms with Crippen LogP contribution in [0, 0.1) is 44.1 Å². The first-order valence-corrected chi connectivity index (χ1v) is 12.5. The number of carbonyl (C=O) groups excluding carboxylic acids is 2. The van der Waals surface area contributed by atoms with Crippen LogP contribution >= 0.6 is 0 Å². The standard InChI is InChI=1S/C26H39NO6/c1-15(28)32-22-8-7-18-17-14-21(27(30)31)20-13-16(33-23(29)24(2,3)4)9-11-25(20,5)19(17)10-12-26(18,22)6/h16-19,22H,7-14H2,1-6H3/t16-,17-,18-,19-,22?,25+,26-/m0/s1. The van der Waals surface area contributed by atoms with E-state index in [9.17, 15) is 19.7 Å². The van der Waals surface area contributed by atoms with Crippen LogP contribution in [0.1, 0.15) is 92.9 Å². The van der Waals surface area contributed by atoms with Crippen molar-refractivity contribution >= 4 is 11.9 Å². The third-order valence-electron chi connectivity index (χ3n) is 9.47. The van der Waals surface area contributed by atoms with E-state index in [1.165, 1.54) is 6.92 Å². The van der Waals surface area contributed by atoms with Crippen LogP contribution in [-0.4, -0.2) is 29.1 Å². The van der Waals surface area contributed by atoms with Crippen molar-refractivity contribution in [1.29, 1.82) is 0 Å². The highest BCUT2D eigenvalue weighted by molar-refractivity contribution is 5.75. The fourth-order valence-electron chi connectivity index (χ4n) is 7.70. The summed E-state index contributed by atoms with van der Waals surface area (Å²) in [5, 5.41) is 12.3. The topological polar surface area (TPSA) is 95.7 Å². The second-order valence-electron chi connectivity index (χ2n) is 12.4. The zero-order chi connectivity index (χ0) is 24.3. The van der Waals surface area contributed by atoms with Crippen LogP contribution in [0.15, 0.2) is 11.3 Å². The average molecular weight is 462 g/mol. The number of carbonyl (C=O) groups is 2. The summed E-state index contributed by atoms with van der Waals surface area (Å²) in [5.41, 5.74) is 0.312. The molecule has 0 radical (unpaired) electrons. The van der Waals surface area contributed by atoms with Crippen molar-refractivity contribution in [3.8, 4) is 0 Å². The van der Waals surface area contributed by atoms with Gasteiger partial charge in [0.15, 0.2) is 0 Å². The predicted molar refractivity (Wildman–Crippen MR) is 123 cm³/mol. The Bertz CT molecular complexity index is 888. The van der Waals surface area contributed by atoms with Crippen LogP contribution in [0.5, 0.6) is 0 Å². The van der Waals surface area contributed by atoms with Crippen molar-refractivity contribution in [2.45, 2.75) is 105 Å². The van der Waals surface area contributed by atoms with Gasteiger partial charge in [-0.25, -0.2) is 0 Å². The highest BCUT2D eigenvalue weighted by Crippen LogP contribution is 2.66. The minimum absolute atomic E-state index is 0.0919. The van der Waals surface area contributed by atoms with Crippen molar-refractivity contribution < 1.29 is 24.0 Å². The largest absolute Gasteiger partial charge is 0.462 e. The molecule has 184 valence electrons. The molecule has 7 atom stereocenters. The van der Waals surface area contributed by atoms with Crippen LogP contribution in [0.25, 0.3) is 0 Å². The van der Waals surface area contributed by atoms with Crippen molar-refractivity contribution in [1.82, 2.24) is 0 Å². The van der Waals surface area contributed by atoms with E-state index in [0.29, 0.717) is 30.4 Å². The number of fused-ring (bicyclic) bond motifs is 5. The lowest BCUT2D eigenvalue weighted by Gasteiger charge is -2.57. The number of hydrogen-bond acceptors (Lipinski definition) is 6. The number of hydrogen-bond donors (Lipinski definition) is 0. The zero-order valence-electron chi connectivity index (χ0n) is 20.9. The molecule has 33 heavy (non-hydrogen) atoms. The molecule has 0 aromatic carbocycles. The summed E-state index contributed by atoms with van der Waals surface area (Å²) in [7, 11) is 0. The molecule has 0 amide bonds. The Hall–Kier alpha value is -1.92. The van der Waals surface area contributed by atoms with Crippen molar-refractivity contribution in [3.05, 3.63) is 21.4 Å². The normalized spacial score (nSPS) is 40.4. The molecule has 4 rings (SSSR count). The Morgan fingerprint density at radius 3 is 2.30 bits per heavy atom. The van der Waals surface area contributed by atoms with E-state index < -0.39 is 5.41 Å². The smallest absolute Gasteiger partial charge is 0.311 e. The molecule has 0 spiro atoms. The lowest BCUT2D eigenvalue weighted by atomic mass is 9.47. The van der Waals surface area contributed by atoms with Gasteiger partial charge in [-0.2, -0.15) is 0 Å². The van der Waals surface area contributed by atoms with Gasteiger partial charge in [0.05, 0.1) is 10.3 Å². The van der Waals surface area contributed by atoms with Gasteiger partial charge in [-0.1, -0.05) is 13.8 Å². The zero-order valence-corrected chi connectivity index (χ0v) is 20.9. The lowest BCUT2D eigenvalue weighted by Crippen LogP contribution is -2.53. The molecule has 3 saturated carbocycles. The monoisotopic (exact) mass is 461 g/mol. The van der Waals surface area contributed by atoms with Gasteiger partial charge in [-0.05, 0) is 82.5 Å². The van der Waals surface area contributed by atoms with E-state index in [1.807, 2.05) is 20.8 Å². The molecule has 7 heteroatoms. The Balaban J connectivity index is 1.64. The third-order valence-corrected chi connectivity index (χ3v) is 9.47. The highest BCUT2D eigenvalue weighted by Gasteiger charge is 2.62. The molecule has 7 nitrogen and oxygen atoms in total. The van der Waals surface area contributed by atoms with Crippen LogP contribution < -0.4 is 0 Å². The summed E-state index contributed by atoms with van der Waals surface area (Å²) in [6, 6.07) is 0. The quantitative estimate of drug-likeness (QED) is 0.315. The van der Waals surface area contributed by atoms with Crippen LogP contribution in [0.2, 0.25) is 0 Å². The van der Waals surface area contributed by atoms with Gasteiger partial charge in [0.2, 0.25) is 5.70 Å². The van der Waals surface area contributed by atoms with Gasteiger partial charge in [-0.15, -0.1) is 0 Å². The number of nitro groups is 1. The van der Waals surface area contributed by atoms with E-state index >= 15 is 0 Å². The SMILES string of the molecule is CC(=O)OC1CC[C@H]2[C@@H]3CC([N+](=O)[O-])=C4C[C@@H](OC(=O)C(C)(C)C)CC[C@]4(C)[C@H]3CC[C@]12C. The molecule has 4 aliphatic carbocycles. The van der Waals surface area contributed by atoms with Crippen molar-refractivity contribution in [2.75, 3.05) is 0 Å². The highest BCUT2D eigenvalue weighted by atomic mass is 16.6. The second-order valence-corrected chi connectivity index (χ2v) is 12.4. The van der Waals surface area contributed by atoms with Crippen molar-refractivity contribution in [2.24, 2.45) is 34.0 Å². The molecular weight excluding hydrogens is 422 g/mol. The Labute approximate surface area is 196 Å². The Morgan fingerprint density at radius 2 is 1.70 bits per heavy atom. The summed E-state index contributed by atoms with van der Waals surface area (Å²) in [5.74, 6) is 0.446. The maximum atomic E-state index is 12.5. The summed E-state index contributed by atoms with van der Waals surface area (Å²) >= 11 is 0. The second kappa shape index (κ2) is 8.09. The summed E-state index contributed by atoms with van der Waals surface area (Å²) in [4.78, 5) is 36.3. The molecule has 0 saturated heterocycles. The first kappa shape index (κ1) is 24.2. The molecule has 3 fully saturated rings. The van der Waals surface area contributed by atoms with E-state index in [4.69, 9.17) is 9.47 Å². The van der Waals surface area contributed by atoms with Crippen LogP contribution in [0.4, 0.5) is 0 Å². The van der Waals surface area contributed by atoms with E-state index in [2.05, 4.69) is 13.8 Å². The number of nitrogens with zero attached hydrogens (tertiary/aromatic N) is 1. The molecule has 0 aromatic heterocycles. The minimum Gasteiger partial charge on any atom is -0.462 e. The molecule has 0 aromatic rings. The van der Waals surface area contributed by atoms with Gasteiger partial charge in [0.25, 0.3) is 0 Å². The molecular formula is C26H39NO6. The van der Waals surface area contributed by atoms with E-state index in [-0.39, 0.29) is 45.8 Å². The fourth-order valence-corrected chi connectivity index (χ4v) is 7.70. The lowest BCUT2D eigenvalue weighted by molar-refractivity contribution is -0.434. The fraction of sp³-hybridized carbons (Fsp3) is 0.846. The molecule has 0 bridgehead atoms. The number of ether oxygens (including phenoxy) is 2. The first-order chi connectivity index (χ1) is 15.3. The molecule has 4 aliphatic rings. The van der Waals surface area contributed by atoms with Gasteiger partial charge >= 0.3 is 11.9 Å². The summed E-state index contributed by atoms with van der Waals surface area (Å²) in [6.45, 7) is 11.4. The maximum Gasteiger partial charge on any atom is 0.311 e. The van der Waals surface area contributed by atoms with Crippen molar-refractivity contribution in [3.63, 3.8) is 0 Å². The maximum absolute atomic E-state index is 12.5. The predicted octanol–water partition coefficient (Wildman–Crippen LogP) is 5.44. The van der Waals surface area contributed by atoms with Crippen LogP contribution in [0.3, 0.4) is 0 Å². The number of rotatable bonds is 3. The summed E-state index contributed by atoms with van der Waals surface area (Å²) < 4.78 is 11.5. The van der Waals surface area contributed by atoms with Gasteiger partial charge in [-0.3, -0.25) is 19.7 Å².